The molecule has 1 aliphatic rings. The van der Waals surface area contributed by atoms with Gasteiger partial charge < -0.3 is 34.7 Å². The first-order chi connectivity index (χ1) is 16.0. The predicted molar refractivity (Wildman–Crippen MR) is 122 cm³/mol. The molecular formula is C24H30N2O7. The van der Waals surface area contributed by atoms with Crippen molar-refractivity contribution in [2.24, 2.45) is 5.73 Å². The van der Waals surface area contributed by atoms with Crippen LogP contribution in [0.5, 0.6) is 17.2 Å². The maximum absolute atomic E-state index is 12.9. The lowest BCUT2D eigenvalue weighted by molar-refractivity contribution is -0.120. The van der Waals surface area contributed by atoms with Crippen LogP contribution in [-0.4, -0.2) is 52.0 Å². The molecule has 0 spiro atoms. The minimum Gasteiger partial charge on any atom is -0.493 e. The Bertz CT molecular complexity index is 933. The predicted octanol–water partition coefficient (Wildman–Crippen LogP) is 2.91. The van der Waals surface area contributed by atoms with E-state index in [1.807, 2.05) is 18.2 Å². The number of primary amides is 1. The average Bonchev–Trinajstić information content (AvgIpc) is 2.83. The Labute approximate surface area is 193 Å². The summed E-state index contributed by atoms with van der Waals surface area (Å²) in [5.41, 5.74) is 7.01. The molecule has 0 saturated carbocycles. The van der Waals surface area contributed by atoms with Crippen LogP contribution in [0.25, 0.3) is 0 Å². The van der Waals surface area contributed by atoms with E-state index in [0.717, 1.165) is 25.0 Å². The van der Waals surface area contributed by atoms with Gasteiger partial charge >= 0.3 is 0 Å². The van der Waals surface area contributed by atoms with Crippen molar-refractivity contribution in [3.05, 3.63) is 47.5 Å². The second-order valence-electron chi connectivity index (χ2n) is 7.62. The highest BCUT2D eigenvalue weighted by molar-refractivity contribution is 6.05. The quantitative estimate of drug-likeness (QED) is 0.531. The third-order valence-electron chi connectivity index (χ3n) is 5.11. The summed E-state index contributed by atoms with van der Waals surface area (Å²) < 4.78 is 27.5. The standard InChI is InChI=1S/C24H30N2O7/c1-29-20-11-17(12-21(30-2)23(20)33-15-22(25)27)24(28)26-18-7-5-6-16(10-18)13-31-14-19-8-3-4-9-32-19/h5-7,10-12,19H,3-4,8-9,13-15H2,1-2H3,(H2,25,27)(H,26,28). The molecule has 1 heterocycles. The minimum atomic E-state index is -0.643. The van der Waals surface area contributed by atoms with Crippen LogP contribution in [0, 0.1) is 0 Å². The van der Waals surface area contributed by atoms with E-state index in [-0.39, 0.29) is 35.9 Å². The summed E-state index contributed by atoms with van der Waals surface area (Å²) in [7, 11) is 2.85. The van der Waals surface area contributed by atoms with Crippen LogP contribution in [0.4, 0.5) is 5.69 Å². The first-order valence-electron chi connectivity index (χ1n) is 10.8. The molecule has 3 rings (SSSR count). The van der Waals surface area contributed by atoms with Gasteiger partial charge in [0.25, 0.3) is 11.8 Å². The number of methoxy groups -OCH3 is 2. The van der Waals surface area contributed by atoms with Crippen molar-refractivity contribution >= 4 is 17.5 Å². The smallest absolute Gasteiger partial charge is 0.255 e. The Morgan fingerprint density at radius 1 is 1.12 bits per heavy atom. The molecule has 33 heavy (non-hydrogen) atoms. The molecule has 0 aliphatic carbocycles. The van der Waals surface area contributed by atoms with E-state index >= 15 is 0 Å². The average molecular weight is 459 g/mol. The summed E-state index contributed by atoms with van der Waals surface area (Å²) in [4.78, 5) is 23.9. The first-order valence-corrected chi connectivity index (χ1v) is 10.8. The zero-order valence-corrected chi connectivity index (χ0v) is 18.9. The van der Waals surface area contributed by atoms with Gasteiger partial charge in [0, 0.05) is 17.9 Å². The number of amides is 2. The molecule has 2 aromatic rings. The fourth-order valence-corrected chi connectivity index (χ4v) is 3.49. The van der Waals surface area contributed by atoms with E-state index in [9.17, 15) is 9.59 Å². The number of carbonyl (C=O) groups excluding carboxylic acids is 2. The van der Waals surface area contributed by atoms with Crippen LogP contribution in [-0.2, 0) is 20.9 Å². The monoisotopic (exact) mass is 458 g/mol. The van der Waals surface area contributed by atoms with Crippen molar-refractivity contribution in [2.45, 2.75) is 32.0 Å². The van der Waals surface area contributed by atoms with Crippen LogP contribution in [0.2, 0.25) is 0 Å². The minimum absolute atomic E-state index is 0.154. The SMILES string of the molecule is COc1cc(C(=O)Nc2cccc(COCC3CCCCO3)c2)cc(OC)c1OCC(N)=O. The molecule has 2 aromatic carbocycles. The van der Waals surface area contributed by atoms with E-state index in [1.54, 1.807) is 6.07 Å². The Kier molecular flexibility index (Phi) is 8.91. The molecule has 1 atom stereocenters. The molecule has 9 heteroatoms. The second kappa shape index (κ2) is 12.1. The highest BCUT2D eigenvalue weighted by Gasteiger charge is 2.19. The molecule has 9 nitrogen and oxygen atoms in total. The van der Waals surface area contributed by atoms with E-state index in [0.29, 0.717) is 24.5 Å². The molecular weight excluding hydrogens is 428 g/mol. The lowest BCUT2D eigenvalue weighted by Crippen LogP contribution is -2.24. The maximum Gasteiger partial charge on any atom is 0.255 e. The van der Waals surface area contributed by atoms with Crippen molar-refractivity contribution < 1.29 is 33.3 Å². The third-order valence-corrected chi connectivity index (χ3v) is 5.11. The summed E-state index contributed by atoms with van der Waals surface area (Å²) in [6.45, 7) is 1.43. The zero-order chi connectivity index (χ0) is 23.6. The van der Waals surface area contributed by atoms with Crippen molar-refractivity contribution in [1.29, 1.82) is 0 Å². The van der Waals surface area contributed by atoms with Gasteiger partial charge in [0.2, 0.25) is 5.75 Å². The summed E-state index contributed by atoms with van der Waals surface area (Å²) >= 11 is 0. The Balaban J connectivity index is 1.65. The Hall–Kier alpha value is -3.30. The molecule has 0 aromatic heterocycles. The lowest BCUT2D eigenvalue weighted by atomic mass is 10.1. The molecule has 0 radical (unpaired) electrons. The van der Waals surface area contributed by atoms with E-state index in [1.165, 1.54) is 32.8 Å². The maximum atomic E-state index is 12.9. The van der Waals surface area contributed by atoms with Gasteiger partial charge in [-0.3, -0.25) is 9.59 Å². The highest BCUT2D eigenvalue weighted by Crippen LogP contribution is 2.38. The zero-order valence-electron chi connectivity index (χ0n) is 18.9. The highest BCUT2D eigenvalue weighted by atomic mass is 16.5. The van der Waals surface area contributed by atoms with E-state index in [2.05, 4.69) is 5.32 Å². The molecule has 1 fully saturated rings. The molecule has 0 bridgehead atoms. The van der Waals surface area contributed by atoms with Crippen molar-refractivity contribution in [3.8, 4) is 17.2 Å². The van der Waals surface area contributed by atoms with Crippen molar-refractivity contribution in [1.82, 2.24) is 0 Å². The number of nitrogens with one attached hydrogen (secondary N) is 1. The number of anilines is 1. The van der Waals surface area contributed by atoms with Gasteiger partial charge in [-0.15, -0.1) is 0 Å². The summed E-state index contributed by atoms with van der Waals surface area (Å²) in [5.74, 6) is -0.324. The van der Waals surface area contributed by atoms with Crippen LogP contribution in [0.15, 0.2) is 36.4 Å². The number of carbonyl (C=O) groups is 2. The number of hydrogen-bond donors (Lipinski definition) is 2. The van der Waals surface area contributed by atoms with Crippen LogP contribution in [0.1, 0.15) is 35.2 Å². The molecule has 1 aliphatic heterocycles. The van der Waals surface area contributed by atoms with Gasteiger partial charge in [-0.1, -0.05) is 12.1 Å². The van der Waals surface area contributed by atoms with Crippen LogP contribution < -0.4 is 25.3 Å². The summed E-state index contributed by atoms with van der Waals surface area (Å²) in [5, 5.41) is 2.87. The van der Waals surface area contributed by atoms with Gasteiger partial charge in [0.15, 0.2) is 18.1 Å². The number of hydrogen-bond acceptors (Lipinski definition) is 7. The van der Waals surface area contributed by atoms with Crippen molar-refractivity contribution in [2.75, 3.05) is 39.4 Å². The van der Waals surface area contributed by atoms with Gasteiger partial charge in [-0.2, -0.15) is 0 Å². The summed E-state index contributed by atoms with van der Waals surface area (Å²) in [6, 6.07) is 10.5. The van der Waals surface area contributed by atoms with Gasteiger partial charge in [0.05, 0.1) is 33.5 Å². The van der Waals surface area contributed by atoms with Gasteiger partial charge in [-0.05, 0) is 49.1 Å². The van der Waals surface area contributed by atoms with Crippen LogP contribution in [0.3, 0.4) is 0 Å². The number of rotatable bonds is 11. The molecule has 2 amide bonds. The first kappa shape index (κ1) is 24.3. The van der Waals surface area contributed by atoms with E-state index < -0.39 is 5.91 Å². The fourth-order valence-electron chi connectivity index (χ4n) is 3.49. The third kappa shape index (κ3) is 7.10. The molecule has 178 valence electrons. The topological polar surface area (TPSA) is 118 Å². The Morgan fingerprint density at radius 3 is 2.52 bits per heavy atom. The van der Waals surface area contributed by atoms with Gasteiger partial charge in [-0.25, -0.2) is 0 Å². The van der Waals surface area contributed by atoms with Gasteiger partial charge in [0.1, 0.15) is 0 Å². The second-order valence-corrected chi connectivity index (χ2v) is 7.62. The molecule has 3 N–H and O–H groups in total. The van der Waals surface area contributed by atoms with Crippen molar-refractivity contribution in [3.63, 3.8) is 0 Å². The van der Waals surface area contributed by atoms with E-state index in [4.69, 9.17) is 29.4 Å². The number of nitrogens with two attached hydrogens (primary N) is 1. The lowest BCUT2D eigenvalue weighted by Gasteiger charge is -2.22. The van der Waals surface area contributed by atoms with Crippen LogP contribution >= 0.6 is 0 Å². The summed E-state index contributed by atoms with van der Waals surface area (Å²) in [6.07, 6.45) is 3.46. The number of benzene rings is 2. The molecule has 1 unspecified atom stereocenters. The normalized spacial score (nSPS) is 15.5. The fraction of sp³-hybridized carbons (Fsp3) is 0.417. The number of ether oxygens (including phenoxy) is 5. The Morgan fingerprint density at radius 2 is 1.88 bits per heavy atom. The largest absolute Gasteiger partial charge is 0.493 e. The molecule has 1 saturated heterocycles.